The van der Waals surface area contributed by atoms with Gasteiger partial charge >= 0.3 is 0 Å². The second-order valence-electron chi connectivity index (χ2n) is 8.18. The van der Waals surface area contributed by atoms with Crippen LogP contribution in [0.5, 0.6) is 0 Å². The van der Waals surface area contributed by atoms with Gasteiger partial charge in [-0.2, -0.15) is 0 Å². The van der Waals surface area contributed by atoms with Crippen LogP contribution in [0.2, 0.25) is 0 Å². The molecule has 2 heterocycles. The van der Waals surface area contributed by atoms with Crippen LogP contribution in [0.3, 0.4) is 0 Å². The first kappa shape index (κ1) is 21.3. The zero-order valence-corrected chi connectivity index (χ0v) is 19.0. The molecule has 0 unspecified atom stereocenters. The van der Waals surface area contributed by atoms with E-state index in [2.05, 4.69) is 45.5 Å². The van der Waals surface area contributed by atoms with Gasteiger partial charge in [0.1, 0.15) is 0 Å². The van der Waals surface area contributed by atoms with E-state index < -0.39 is 0 Å². The second-order valence-corrected chi connectivity index (χ2v) is 9.24. The van der Waals surface area contributed by atoms with Gasteiger partial charge in [-0.25, -0.2) is 4.98 Å². The summed E-state index contributed by atoms with van der Waals surface area (Å²) in [4.78, 5) is 28.8. The molecule has 0 bridgehead atoms. The average Bonchev–Trinajstić information content (AvgIpc) is 3.46. The fourth-order valence-corrected chi connectivity index (χ4v) is 4.30. The lowest BCUT2D eigenvalue weighted by Crippen LogP contribution is -2.24. The van der Waals surface area contributed by atoms with Gasteiger partial charge < -0.3 is 15.2 Å². The first-order chi connectivity index (χ1) is 14.9. The summed E-state index contributed by atoms with van der Waals surface area (Å²) in [6.45, 7) is 7.27. The Morgan fingerprint density at radius 1 is 1.16 bits per heavy atom. The number of thiazole rings is 1. The average molecular weight is 437 g/mol. The molecule has 0 saturated heterocycles. The van der Waals surface area contributed by atoms with Gasteiger partial charge in [-0.05, 0) is 57.4 Å². The molecule has 31 heavy (non-hydrogen) atoms. The molecule has 2 aromatic heterocycles. The number of hydrogen-bond acceptors (Lipinski definition) is 4. The van der Waals surface area contributed by atoms with Crippen molar-refractivity contribution in [3.05, 3.63) is 57.7 Å². The van der Waals surface area contributed by atoms with Crippen LogP contribution in [0, 0.1) is 26.7 Å². The highest BCUT2D eigenvalue weighted by atomic mass is 32.1. The molecule has 3 aromatic rings. The third-order valence-corrected chi connectivity index (χ3v) is 6.46. The van der Waals surface area contributed by atoms with Gasteiger partial charge in [0.15, 0.2) is 0 Å². The minimum atomic E-state index is 0.0182. The van der Waals surface area contributed by atoms with Crippen LogP contribution in [0.1, 0.15) is 41.2 Å². The first-order valence-electron chi connectivity index (χ1n) is 10.7. The summed E-state index contributed by atoms with van der Waals surface area (Å²) in [5.74, 6) is 0.308. The predicted molar refractivity (Wildman–Crippen MR) is 124 cm³/mol. The van der Waals surface area contributed by atoms with E-state index in [9.17, 15) is 9.59 Å². The van der Waals surface area contributed by atoms with Crippen molar-refractivity contribution in [2.45, 2.75) is 53.1 Å². The van der Waals surface area contributed by atoms with Crippen LogP contribution in [0.4, 0.5) is 5.69 Å². The third kappa shape index (κ3) is 5.22. The van der Waals surface area contributed by atoms with Crippen molar-refractivity contribution >= 4 is 28.8 Å². The number of aromatic nitrogens is 2. The van der Waals surface area contributed by atoms with Crippen molar-refractivity contribution in [3.63, 3.8) is 0 Å². The standard InChI is InChI=1S/C24H28N4O2S/c1-15-12-21(22-14-31-17(3)26-22)16(2)28(15)11-10-23(29)25-13-18-4-8-20(9-5-18)27-24(30)19-6-7-19/h4-5,8-9,12,14,19H,6-7,10-11,13H2,1-3H3,(H,25,29)(H,27,30). The summed E-state index contributed by atoms with van der Waals surface area (Å²) in [6.07, 6.45) is 2.40. The zero-order valence-electron chi connectivity index (χ0n) is 18.2. The van der Waals surface area contributed by atoms with Crippen LogP contribution < -0.4 is 10.6 Å². The summed E-state index contributed by atoms with van der Waals surface area (Å²) in [6, 6.07) is 9.79. The number of benzene rings is 1. The molecule has 1 aliphatic carbocycles. The molecule has 0 aliphatic heterocycles. The number of amides is 2. The highest BCUT2D eigenvalue weighted by Crippen LogP contribution is 2.30. The van der Waals surface area contributed by atoms with Crippen molar-refractivity contribution in [1.29, 1.82) is 0 Å². The quantitative estimate of drug-likeness (QED) is 0.542. The van der Waals surface area contributed by atoms with E-state index in [1.54, 1.807) is 11.3 Å². The molecule has 1 aliphatic rings. The maximum atomic E-state index is 12.4. The maximum absolute atomic E-state index is 12.4. The Morgan fingerprint density at radius 3 is 2.55 bits per heavy atom. The van der Waals surface area contributed by atoms with Gasteiger partial charge in [0.2, 0.25) is 11.8 Å². The molecule has 1 saturated carbocycles. The summed E-state index contributed by atoms with van der Waals surface area (Å²) >= 11 is 1.65. The van der Waals surface area contributed by atoms with Crippen LogP contribution in [-0.4, -0.2) is 21.4 Å². The molecule has 2 N–H and O–H groups in total. The van der Waals surface area contributed by atoms with Gasteiger partial charge in [-0.3, -0.25) is 9.59 Å². The molecule has 1 aromatic carbocycles. The number of carbonyl (C=O) groups excluding carboxylic acids is 2. The molecule has 0 atom stereocenters. The number of hydrogen-bond donors (Lipinski definition) is 2. The van der Waals surface area contributed by atoms with Crippen molar-refractivity contribution in [2.24, 2.45) is 5.92 Å². The first-order valence-corrected chi connectivity index (χ1v) is 11.5. The Labute approximate surface area is 186 Å². The molecule has 4 rings (SSSR count). The van der Waals surface area contributed by atoms with Crippen LogP contribution >= 0.6 is 11.3 Å². The Bertz CT molecular complexity index is 1090. The number of nitrogens with zero attached hydrogens (tertiary/aromatic N) is 2. The smallest absolute Gasteiger partial charge is 0.227 e. The van der Waals surface area contributed by atoms with Crippen molar-refractivity contribution in [2.75, 3.05) is 5.32 Å². The van der Waals surface area contributed by atoms with Gasteiger partial charge in [-0.1, -0.05) is 12.1 Å². The van der Waals surface area contributed by atoms with E-state index in [4.69, 9.17) is 0 Å². The van der Waals surface area contributed by atoms with Gasteiger partial charge in [0.05, 0.1) is 10.7 Å². The molecule has 0 radical (unpaired) electrons. The number of rotatable bonds is 8. The summed E-state index contributed by atoms with van der Waals surface area (Å²) < 4.78 is 2.18. The Hall–Kier alpha value is -2.93. The van der Waals surface area contributed by atoms with Crippen LogP contribution in [0.25, 0.3) is 11.3 Å². The highest BCUT2D eigenvalue weighted by Gasteiger charge is 2.29. The normalized spacial score (nSPS) is 13.3. The highest BCUT2D eigenvalue weighted by molar-refractivity contribution is 7.09. The van der Waals surface area contributed by atoms with E-state index in [1.165, 1.54) is 0 Å². The Balaban J connectivity index is 1.28. The van der Waals surface area contributed by atoms with E-state index in [-0.39, 0.29) is 17.7 Å². The predicted octanol–water partition coefficient (Wildman–Crippen LogP) is 4.59. The molecule has 0 spiro atoms. The second kappa shape index (κ2) is 9.06. The topological polar surface area (TPSA) is 76.0 Å². The lowest BCUT2D eigenvalue weighted by Gasteiger charge is -2.11. The lowest BCUT2D eigenvalue weighted by molar-refractivity contribution is -0.121. The van der Waals surface area contributed by atoms with E-state index >= 15 is 0 Å². The zero-order chi connectivity index (χ0) is 22.0. The van der Waals surface area contributed by atoms with Gasteiger partial charge in [0, 0.05) is 53.4 Å². The third-order valence-electron chi connectivity index (χ3n) is 5.69. The van der Waals surface area contributed by atoms with E-state index in [1.807, 2.05) is 31.2 Å². The molecule has 2 amide bonds. The van der Waals surface area contributed by atoms with Crippen molar-refractivity contribution < 1.29 is 9.59 Å². The van der Waals surface area contributed by atoms with Crippen LogP contribution in [-0.2, 0) is 22.7 Å². The molecule has 6 nitrogen and oxygen atoms in total. The SMILES string of the molecule is Cc1nc(-c2cc(C)n(CCC(=O)NCc3ccc(NC(=O)C4CC4)cc3)c2C)cs1. The minimum absolute atomic E-state index is 0.0182. The van der Waals surface area contributed by atoms with Crippen molar-refractivity contribution in [1.82, 2.24) is 14.9 Å². The molecular formula is C24H28N4O2S. The lowest BCUT2D eigenvalue weighted by atomic mass is 10.2. The largest absolute Gasteiger partial charge is 0.352 e. The summed E-state index contributed by atoms with van der Waals surface area (Å²) in [7, 11) is 0. The number of aryl methyl sites for hydroxylation is 2. The molecule has 7 heteroatoms. The van der Waals surface area contributed by atoms with Crippen molar-refractivity contribution in [3.8, 4) is 11.3 Å². The fourth-order valence-electron chi connectivity index (χ4n) is 3.69. The number of nitrogens with one attached hydrogen (secondary N) is 2. The summed E-state index contributed by atoms with van der Waals surface area (Å²) in [5.41, 5.74) is 6.22. The van der Waals surface area contributed by atoms with E-state index in [0.717, 1.165) is 51.7 Å². The summed E-state index contributed by atoms with van der Waals surface area (Å²) in [5, 5.41) is 9.05. The minimum Gasteiger partial charge on any atom is -0.352 e. The molecule has 162 valence electrons. The number of carbonyl (C=O) groups is 2. The number of anilines is 1. The maximum Gasteiger partial charge on any atom is 0.227 e. The Morgan fingerprint density at radius 2 is 1.90 bits per heavy atom. The van der Waals surface area contributed by atoms with Gasteiger partial charge in [0.25, 0.3) is 0 Å². The van der Waals surface area contributed by atoms with E-state index in [0.29, 0.717) is 19.5 Å². The molecular weight excluding hydrogens is 408 g/mol. The van der Waals surface area contributed by atoms with Gasteiger partial charge in [-0.15, -0.1) is 11.3 Å². The Kier molecular flexibility index (Phi) is 6.23. The van der Waals surface area contributed by atoms with Crippen LogP contribution in [0.15, 0.2) is 35.7 Å². The fraction of sp³-hybridized carbons (Fsp3) is 0.375. The molecule has 1 fully saturated rings. The monoisotopic (exact) mass is 436 g/mol.